The first-order valence-electron chi connectivity index (χ1n) is 5.75. The first-order chi connectivity index (χ1) is 7.83. The second-order valence-electron chi connectivity index (χ2n) is 3.94. The van der Waals surface area contributed by atoms with E-state index < -0.39 is 0 Å². The van der Waals surface area contributed by atoms with E-state index in [9.17, 15) is 4.79 Å². The average Bonchev–Trinajstić information content (AvgIpc) is 2.39. The van der Waals surface area contributed by atoms with Crippen molar-refractivity contribution < 1.29 is 9.53 Å². The van der Waals surface area contributed by atoms with Crippen LogP contribution in [0.5, 0.6) is 0 Å². The van der Waals surface area contributed by atoms with Gasteiger partial charge in [-0.15, -0.1) is 0 Å². The molecular weight excluding hydrogens is 202 g/mol. The van der Waals surface area contributed by atoms with Gasteiger partial charge in [-0.25, -0.2) is 0 Å². The minimum atomic E-state index is 0.0856. The van der Waals surface area contributed by atoms with Crippen LogP contribution in [0.25, 0.3) is 0 Å². The highest BCUT2D eigenvalue weighted by atomic mass is 16.5. The Labute approximate surface area is 96.0 Å². The van der Waals surface area contributed by atoms with Gasteiger partial charge in [0.1, 0.15) is 0 Å². The van der Waals surface area contributed by atoms with Gasteiger partial charge in [-0.2, -0.15) is 0 Å². The number of morpholine rings is 1. The lowest BCUT2D eigenvalue weighted by atomic mass is 10.0. The number of benzene rings is 1. The summed E-state index contributed by atoms with van der Waals surface area (Å²) in [5, 5.41) is 0. The fourth-order valence-electron chi connectivity index (χ4n) is 2.06. The zero-order valence-corrected chi connectivity index (χ0v) is 9.56. The molecule has 0 bridgehead atoms. The van der Waals surface area contributed by atoms with Crippen LogP contribution in [0.2, 0.25) is 0 Å². The first-order valence-corrected chi connectivity index (χ1v) is 5.75. The zero-order chi connectivity index (χ0) is 11.4. The van der Waals surface area contributed by atoms with E-state index in [1.54, 1.807) is 0 Å². The number of carbonyl (C=O) groups is 1. The summed E-state index contributed by atoms with van der Waals surface area (Å²) in [5.74, 6) is 0.206. The normalized spacial score (nSPS) is 20.8. The summed E-state index contributed by atoms with van der Waals surface area (Å²) < 4.78 is 5.47. The van der Waals surface area contributed by atoms with Crippen molar-refractivity contribution in [2.45, 2.75) is 19.4 Å². The van der Waals surface area contributed by atoms with Gasteiger partial charge in [0.15, 0.2) is 0 Å². The van der Waals surface area contributed by atoms with E-state index in [-0.39, 0.29) is 11.9 Å². The number of rotatable bonds is 2. The highest BCUT2D eigenvalue weighted by Gasteiger charge is 2.27. The van der Waals surface area contributed by atoms with Gasteiger partial charge in [-0.3, -0.25) is 4.79 Å². The molecule has 1 heterocycles. The third kappa shape index (κ3) is 2.25. The maximum absolute atomic E-state index is 11.8. The predicted molar refractivity (Wildman–Crippen MR) is 62.0 cm³/mol. The number of hydrogen-bond acceptors (Lipinski definition) is 2. The fourth-order valence-corrected chi connectivity index (χ4v) is 2.06. The summed E-state index contributed by atoms with van der Waals surface area (Å²) in [6.45, 7) is 3.86. The van der Waals surface area contributed by atoms with Crippen molar-refractivity contribution in [3.05, 3.63) is 35.9 Å². The molecule has 16 heavy (non-hydrogen) atoms. The molecular formula is C13H17NO2. The van der Waals surface area contributed by atoms with E-state index in [0.717, 1.165) is 5.56 Å². The third-order valence-electron chi connectivity index (χ3n) is 2.94. The molecule has 0 saturated carbocycles. The van der Waals surface area contributed by atoms with Gasteiger partial charge in [-0.1, -0.05) is 37.3 Å². The number of carbonyl (C=O) groups excluding carboxylic acids is 1. The van der Waals surface area contributed by atoms with Crippen molar-refractivity contribution in [3.63, 3.8) is 0 Å². The maximum Gasteiger partial charge on any atom is 0.222 e. The van der Waals surface area contributed by atoms with Gasteiger partial charge < -0.3 is 9.64 Å². The van der Waals surface area contributed by atoms with Crippen LogP contribution in [0.1, 0.15) is 24.9 Å². The van der Waals surface area contributed by atoms with Crippen LogP contribution in [0.3, 0.4) is 0 Å². The average molecular weight is 219 g/mol. The molecule has 1 fully saturated rings. The summed E-state index contributed by atoms with van der Waals surface area (Å²) in [6, 6.07) is 10.2. The Kier molecular flexibility index (Phi) is 3.57. The Morgan fingerprint density at radius 1 is 1.44 bits per heavy atom. The third-order valence-corrected chi connectivity index (χ3v) is 2.94. The van der Waals surface area contributed by atoms with Crippen LogP contribution in [0.4, 0.5) is 0 Å². The number of nitrogens with zero attached hydrogens (tertiary/aromatic N) is 1. The van der Waals surface area contributed by atoms with Crippen molar-refractivity contribution in [2.75, 3.05) is 19.8 Å². The van der Waals surface area contributed by atoms with E-state index >= 15 is 0 Å². The van der Waals surface area contributed by atoms with E-state index in [1.807, 2.05) is 30.0 Å². The molecule has 3 nitrogen and oxygen atoms in total. The van der Waals surface area contributed by atoms with Crippen molar-refractivity contribution in [1.82, 2.24) is 4.90 Å². The highest BCUT2D eigenvalue weighted by Crippen LogP contribution is 2.24. The van der Waals surface area contributed by atoms with E-state index in [4.69, 9.17) is 4.74 Å². The summed E-state index contributed by atoms with van der Waals surface area (Å²) in [5.41, 5.74) is 1.16. The van der Waals surface area contributed by atoms with Crippen molar-refractivity contribution in [3.8, 4) is 0 Å². The molecule has 0 aromatic heterocycles. The van der Waals surface area contributed by atoms with Crippen LogP contribution in [-0.2, 0) is 9.53 Å². The molecule has 86 valence electrons. The fraction of sp³-hybridized carbons (Fsp3) is 0.462. The molecule has 2 rings (SSSR count). The van der Waals surface area contributed by atoms with E-state index in [2.05, 4.69) is 12.1 Å². The van der Waals surface area contributed by atoms with Crippen LogP contribution < -0.4 is 0 Å². The molecule has 1 aliphatic heterocycles. The lowest BCUT2D eigenvalue weighted by Crippen LogP contribution is -2.43. The van der Waals surface area contributed by atoms with Gasteiger partial charge >= 0.3 is 0 Å². The second kappa shape index (κ2) is 5.12. The topological polar surface area (TPSA) is 29.5 Å². The minimum Gasteiger partial charge on any atom is -0.377 e. The second-order valence-corrected chi connectivity index (χ2v) is 3.94. The molecule has 1 atom stereocenters. The molecule has 0 aliphatic carbocycles. The Bertz CT molecular complexity index is 350. The maximum atomic E-state index is 11.8. The van der Waals surface area contributed by atoms with E-state index in [1.165, 1.54) is 0 Å². The SMILES string of the molecule is CCC(=O)N1CCOCC1c1ccccc1. The summed E-state index contributed by atoms with van der Waals surface area (Å²) >= 11 is 0. The van der Waals surface area contributed by atoms with Gasteiger partial charge in [0.05, 0.1) is 19.3 Å². The predicted octanol–water partition coefficient (Wildman–Crippen LogP) is 2.00. The van der Waals surface area contributed by atoms with Gasteiger partial charge in [0.2, 0.25) is 5.91 Å². The zero-order valence-electron chi connectivity index (χ0n) is 9.56. The summed E-state index contributed by atoms with van der Waals surface area (Å²) in [7, 11) is 0. The molecule has 0 radical (unpaired) electrons. The van der Waals surface area contributed by atoms with E-state index in [0.29, 0.717) is 26.2 Å². The van der Waals surface area contributed by atoms with Crippen LogP contribution in [0.15, 0.2) is 30.3 Å². The Hall–Kier alpha value is -1.35. The number of ether oxygens (including phenoxy) is 1. The van der Waals surface area contributed by atoms with Gasteiger partial charge in [0, 0.05) is 13.0 Å². The largest absolute Gasteiger partial charge is 0.377 e. The molecule has 1 unspecified atom stereocenters. The van der Waals surface area contributed by atoms with Crippen molar-refractivity contribution >= 4 is 5.91 Å². The molecule has 0 N–H and O–H groups in total. The lowest BCUT2D eigenvalue weighted by Gasteiger charge is -2.35. The lowest BCUT2D eigenvalue weighted by molar-refractivity contribution is -0.139. The molecule has 1 aromatic rings. The van der Waals surface area contributed by atoms with Crippen molar-refractivity contribution in [1.29, 1.82) is 0 Å². The Morgan fingerprint density at radius 2 is 2.19 bits per heavy atom. The van der Waals surface area contributed by atoms with Crippen LogP contribution >= 0.6 is 0 Å². The van der Waals surface area contributed by atoms with Crippen LogP contribution in [0, 0.1) is 0 Å². The molecule has 1 aliphatic rings. The smallest absolute Gasteiger partial charge is 0.222 e. The molecule has 0 spiro atoms. The molecule has 1 saturated heterocycles. The standard InChI is InChI=1S/C13H17NO2/c1-2-13(15)14-8-9-16-10-12(14)11-6-4-3-5-7-11/h3-7,12H,2,8-10H2,1H3. The molecule has 1 amide bonds. The molecule has 1 aromatic carbocycles. The summed E-state index contributed by atoms with van der Waals surface area (Å²) in [6.07, 6.45) is 0.559. The molecule has 3 heteroatoms. The summed E-state index contributed by atoms with van der Waals surface area (Å²) in [4.78, 5) is 13.8. The number of amides is 1. The number of hydrogen-bond donors (Lipinski definition) is 0. The minimum absolute atomic E-state index is 0.0856. The Morgan fingerprint density at radius 3 is 2.88 bits per heavy atom. The first kappa shape index (κ1) is 11.1. The Balaban J connectivity index is 2.20. The van der Waals surface area contributed by atoms with Crippen molar-refractivity contribution in [2.24, 2.45) is 0 Å². The highest BCUT2D eigenvalue weighted by molar-refractivity contribution is 5.76. The monoisotopic (exact) mass is 219 g/mol. The quantitative estimate of drug-likeness (QED) is 0.761. The van der Waals surface area contributed by atoms with Gasteiger partial charge in [0.25, 0.3) is 0 Å². The van der Waals surface area contributed by atoms with Gasteiger partial charge in [-0.05, 0) is 5.56 Å². The van der Waals surface area contributed by atoms with Crippen LogP contribution in [-0.4, -0.2) is 30.6 Å².